The molecule has 2 aromatic carbocycles. The Labute approximate surface area is 201 Å². The van der Waals surface area contributed by atoms with Gasteiger partial charge in [-0.1, -0.05) is 54.1 Å². The smallest absolute Gasteiger partial charge is 0.222 e. The fourth-order valence-corrected chi connectivity index (χ4v) is 3.74. The predicted molar refractivity (Wildman–Crippen MR) is 133 cm³/mol. The van der Waals surface area contributed by atoms with Crippen molar-refractivity contribution >= 4 is 11.6 Å². The molecule has 1 aromatic heterocycles. The van der Waals surface area contributed by atoms with Crippen LogP contribution >= 0.6 is 11.6 Å². The average Bonchev–Trinajstić information content (AvgIpc) is 3.09. The Hall–Kier alpha value is -2.38. The van der Waals surface area contributed by atoms with Crippen LogP contribution in [0.5, 0.6) is 11.6 Å². The highest BCUT2D eigenvalue weighted by molar-refractivity contribution is 6.32. The van der Waals surface area contributed by atoms with Crippen molar-refractivity contribution in [2.75, 3.05) is 13.2 Å². The van der Waals surface area contributed by atoms with E-state index >= 15 is 0 Å². The van der Waals surface area contributed by atoms with Gasteiger partial charge in [-0.15, -0.1) is 0 Å². The van der Waals surface area contributed by atoms with Crippen molar-refractivity contribution in [2.45, 2.75) is 52.5 Å². The molecule has 33 heavy (non-hydrogen) atoms. The summed E-state index contributed by atoms with van der Waals surface area (Å²) in [6, 6.07) is 17.6. The van der Waals surface area contributed by atoms with Crippen molar-refractivity contribution in [2.24, 2.45) is 7.05 Å². The zero-order valence-electron chi connectivity index (χ0n) is 20.0. The minimum Gasteiger partial charge on any atom is -0.437 e. The fourth-order valence-electron chi connectivity index (χ4n) is 3.57. The van der Waals surface area contributed by atoms with E-state index in [0.717, 1.165) is 16.8 Å². The molecule has 1 N–H and O–H groups in total. The van der Waals surface area contributed by atoms with E-state index < -0.39 is 6.10 Å². The molecule has 0 aliphatic carbocycles. The molecule has 0 spiro atoms. The summed E-state index contributed by atoms with van der Waals surface area (Å²) in [7, 11) is 1.87. The van der Waals surface area contributed by atoms with E-state index in [1.807, 2.05) is 69.4 Å². The van der Waals surface area contributed by atoms with Gasteiger partial charge in [-0.25, -0.2) is 4.68 Å². The van der Waals surface area contributed by atoms with Gasteiger partial charge < -0.3 is 14.6 Å². The Morgan fingerprint density at radius 3 is 2.33 bits per heavy atom. The number of aliphatic hydroxyl groups excluding tert-OH is 1. The first-order valence-corrected chi connectivity index (χ1v) is 11.7. The van der Waals surface area contributed by atoms with Gasteiger partial charge in [-0.3, -0.25) is 4.90 Å². The average molecular weight is 472 g/mol. The summed E-state index contributed by atoms with van der Waals surface area (Å²) in [4.78, 5) is 2.21. The second-order valence-electron chi connectivity index (χ2n) is 8.71. The molecule has 0 saturated carbocycles. The number of aryl methyl sites for hydroxylation is 1. The highest BCUT2D eigenvalue weighted by atomic mass is 35.5. The fraction of sp³-hybridized carbons (Fsp3) is 0.423. The number of ether oxygens (including phenoxy) is 2. The van der Waals surface area contributed by atoms with E-state index in [2.05, 4.69) is 18.7 Å². The summed E-state index contributed by atoms with van der Waals surface area (Å²) >= 11 is 6.38. The molecule has 6 nitrogen and oxygen atoms in total. The summed E-state index contributed by atoms with van der Waals surface area (Å²) < 4.78 is 13.7. The molecule has 0 aliphatic rings. The van der Waals surface area contributed by atoms with Gasteiger partial charge in [0.2, 0.25) is 5.88 Å². The van der Waals surface area contributed by atoms with Crippen molar-refractivity contribution in [1.82, 2.24) is 14.7 Å². The first-order chi connectivity index (χ1) is 15.8. The molecule has 0 aliphatic heterocycles. The summed E-state index contributed by atoms with van der Waals surface area (Å²) in [6.45, 7) is 9.47. The van der Waals surface area contributed by atoms with Gasteiger partial charge >= 0.3 is 0 Å². The molecule has 0 amide bonds. The van der Waals surface area contributed by atoms with Gasteiger partial charge in [-0.2, -0.15) is 5.10 Å². The molecule has 0 bridgehead atoms. The normalized spacial score (nSPS) is 12.7. The molecular weight excluding hydrogens is 438 g/mol. The molecule has 1 heterocycles. The third-order valence-corrected chi connectivity index (χ3v) is 5.65. The molecule has 0 unspecified atom stereocenters. The van der Waals surface area contributed by atoms with Crippen LogP contribution in [0.4, 0.5) is 0 Å². The van der Waals surface area contributed by atoms with E-state index in [9.17, 15) is 5.11 Å². The van der Waals surface area contributed by atoms with Gasteiger partial charge in [0.05, 0.1) is 29.4 Å². The van der Waals surface area contributed by atoms with Crippen LogP contribution in [0.15, 0.2) is 54.6 Å². The molecule has 0 saturated heterocycles. The van der Waals surface area contributed by atoms with Gasteiger partial charge in [0.25, 0.3) is 0 Å². The molecule has 1 atom stereocenters. The first-order valence-electron chi connectivity index (χ1n) is 11.3. The Morgan fingerprint density at radius 2 is 1.70 bits per heavy atom. The van der Waals surface area contributed by atoms with E-state index in [1.54, 1.807) is 10.7 Å². The SMILES string of the molecule is CC(C)OC[C@@H](O)CN(Cc1c(-c2ccccc2)nn(C)c1Oc1ccccc1Cl)C(C)C. The van der Waals surface area contributed by atoms with Crippen LogP contribution in [-0.4, -0.2) is 51.2 Å². The highest BCUT2D eigenvalue weighted by Crippen LogP contribution is 2.36. The minimum absolute atomic E-state index is 0.0748. The third-order valence-electron chi connectivity index (χ3n) is 5.34. The Morgan fingerprint density at radius 1 is 1.03 bits per heavy atom. The number of para-hydroxylation sites is 1. The van der Waals surface area contributed by atoms with Gasteiger partial charge in [-0.05, 0) is 39.8 Å². The third kappa shape index (κ3) is 6.81. The van der Waals surface area contributed by atoms with Crippen LogP contribution in [0.1, 0.15) is 33.3 Å². The van der Waals surface area contributed by atoms with Crippen molar-refractivity contribution in [3.05, 3.63) is 65.2 Å². The van der Waals surface area contributed by atoms with E-state index in [0.29, 0.717) is 36.3 Å². The van der Waals surface area contributed by atoms with E-state index in [-0.39, 0.29) is 12.1 Å². The number of benzene rings is 2. The first kappa shape index (κ1) is 25.2. The second kappa shape index (κ2) is 11.7. The summed E-state index contributed by atoms with van der Waals surface area (Å²) in [5, 5.41) is 15.9. The summed E-state index contributed by atoms with van der Waals surface area (Å²) in [5.41, 5.74) is 2.79. The van der Waals surface area contributed by atoms with Gasteiger partial charge in [0, 0.05) is 31.7 Å². The zero-order chi connectivity index (χ0) is 24.0. The summed E-state index contributed by atoms with van der Waals surface area (Å²) in [6.07, 6.45) is -0.523. The predicted octanol–water partition coefficient (Wildman–Crippen LogP) is 5.53. The molecule has 0 radical (unpaired) electrons. The van der Waals surface area contributed by atoms with Crippen molar-refractivity contribution in [1.29, 1.82) is 0 Å². The highest BCUT2D eigenvalue weighted by Gasteiger charge is 2.25. The van der Waals surface area contributed by atoms with Crippen LogP contribution in [0.3, 0.4) is 0 Å². The molecule has 0 fully saturated rings. The molecule has 7 heteroatoms. The summed E-state index contributed by atoms with van der Waals surface area (Å²) in [5.74, 6) is 1.20. The van der Waals surface area contributed by atoms with Crippen LogP contribution < -0.4 is 4.74 Å². The zero-order valence-corrected chi connectivity index (χ0v) is 20.8. The lowest BCUT2D eigenvalue weighted by Crippen LogP contribution is -2.39. The maximum atomic E-state index is 10.6. The number of aromatic nitrogens is 2. The largest absolute Gasteiger partial charge is 0.437 e. The van der Waals surface area contributed by atoms with Crippen LogP contribution in [-0.2, 0) is 18.3 Å². The number of aliphatic hydroxyl groups is 1. The van der Waals surface area contributed by atoms with Crippen LogP contribution in [0.2, 0.25) is 5.02 Å². The number of hydrogen-bond donors (Lipinski definition) is 1. The van der Waals surface area contributed by atoms with Crippen LogP contribution in [0, 0.1) is 0 Å². The minimum atomic E-state index is -0.598. The number of rotatable bonds is 11. The number of nitrogens with zero attached hydrogens (tertiary/aromatic N) is 3. The Bertz CT molecular complexity index is 1020. The molecule has 3 aromatic rings. The molecular formula is C26H34ClN3O3. The number of hydrogen-bond acceptors (Lipinski definition) is 5. The second-order valence-corrected chi connectivity index (χ2v) is 9.12. The maximum absolute atomic E-state index is 10.6. The van der Waals surface area contributed by atoms with Crippen molar-refractivity contribution in [3.63, 3.8) is 0 Å². The van der Waals surface area contributed by atoms with E-state index in [1.165, 1.54) is 0 Å². The van der Waals surface area contributed by atoms with E-state index in [4.69, 9.17) is 26.2 Å². The van der Waals surface area contributed by atoms with Gasteiger partial charge in [0.15, 0.2) is 0 Å². The Kier molecular flexibility index (Phi) is 8.92. The topological polar surface area (TPSA) is 59.8 Å². The standard InChI is InChI=1S/C26H34ClN3O3/c1-18(2)30(15-21(31)17-32-19(3)4)16-22-25(20-11-7-6-8-12-20)28-29(5)26(22)33-24-14-10-9-13-23(24)27/h6-14,18-19,21,31H,15-17H2,1-5H3/t21-/m0/s1. The van der Waals surface area contributed by atoms with Crippen molar-refractivity contribution in [3.8, 4) is 22.9 Å². The lowest BCUT2D eigenvalue weighted by atomic mass is 10.1. The molecule has 3 rings (SSSR count). The molecule has 178 valence electrons. The lowest BCUT2D eigenvalue weighted by molar-refractivity contribution is -0.0137. The monoisotopic (exact) mass is 471 g/mol. The maximum Gasteiger partial charge on any atom is 0.222 e. The van der Waals surface area contributed by atoms with Gasteiger partial charge in [0.1, 0.15) is 11.4 Å². The van der Waals surface area contributed by atoms with Crippen molar-refractivity contribution < 1.29 is 14.6 Å². The number of halogens is 1. The Balaban J connectivity index is 1.97. The lowest BCUT2D eigenvalue weighted by Gasteiger charge is -2.29. The quantitative estimate of drug-likeness (QED) is 0.398. The van der Waals surface area contributed by atoms with Crippen LogP contribution in [0.25, 0.3) is 11.3 Å².